The molecule has 106 valence electrons. The molecule has 1 saturated heterocycles. The van der Waals surface area contributed by atoms with E-state index < -0.39 is 0 Å². The third-order valence-corrected chi connectivity index (χ3v) is 4.39. The van der Waals surface area contributed by atoms with Gasteiger partial charge in [0.05, 0.1) is 11.4 Å². The van der Waals surface area contributed by atoms with Crippen molar-refractivity contribution >= 4 is 23.1 Å². The Morgan fingerprint density at radius 1 is 1.11 bits per heavy atom. The van der Waals surface area contributed by atoms with Gasteiger partial charge >= 0.3 is 0 Å². The van der Waals surface area contributed by atoms with Gasteiger partial charge in [0.25, 0.3) is 0 Å². The smallest absolute Gasteiger partial charge is 0.0602 e. The van der Waals surface area contributed by atoms with Crippen molar-refractivity contribution in [3.05, 3.63) is 24.3 Å². The molecule has 2 rings (SSSR count). The molecule has 1 fully saturated rings. The van der Waals surface area contributed by atoms with Crippen molar-refractivity contribution in [2.45, 2.75) is 32.1 Å². The third-order valence-electron chi connectivity index (χ3n) is 3.69. The van der Waals surface area contributed by atoms with Crippen LogP contribution in [0.15, 0.2) is 24.3 Å². The topological polar surface area (TPSA) is 15.3 Å². The van der Waals surface area contributed by atoms with Crippen LogP contribution in [0.4, 0.5) is 11.4 Å². The number of hydrogen-bond acceptors (Lipinski definition) is 3. The van der Waals surface area contributed by atoms with E-state index >= 15 is 0 Å². The Kier molecular flexibility index (Phi) is 6.42. The van der Waals surface area contributed by atoms with Gasteiger partial charge in [0, 0.05) is 19.6 Å². The van der Waals surface area contributed by atoms with E-state index in [0.717, 1.165) is 6.54 Å². The molecule has 19 heavy (non-hydrogen) atoms. The lowest BCUT2D eigenvalue weighted by Gasteiger charge is -2.30. The van der Waals surface area contributed by atoms with Crippen molar-refractivity contribution in [3.8, 4) is 0 Å². The van der Waals surface area contributed by atoms with Crippen LogP contribution >= 0.6 is 11.8 Å². The third kappa shape index (κ3) is 4.64. The Balaban J connectivity index is 1.88. The highest BCUT2D eigenvalue weighted by atomic mass is 32.2. The average molecular weight is 278 g/mol. The molecule has 1 aromatic carbocycles. The summed E-state index contributed by atoms with van der Waals surface area (Å²) in [5.74, 6) is 1.27. The molecule has 1 aromatic rings. The summed E-state index contributed by atoms with van der Waals surface area (Å²) in [4.78, 5) is 2.54. The lowest BCUT2D eigenvalue weighted by molar-refractivity contribution is 0.578. The Morgan fingerprint density at radius 2 is 1.89 bits per heavy atom. The highest BCUT2D eigenvalue weighted by Gasteiger charge is 2.13. The molecule has 1 heterocycles. The number of benzene rings is 1. The number of rotatable bonds is 7. The van der Waals surface area contributed by atoms with Crippen LogP contribution in [0.25, 0.3) is 0 Å². The van der Waals surface area contributed by atoms with E-state index in [2.05, 4.69) is 40.7 Å². The van der Waals surface area contributed by atoms with Gasteiger partial charge in [-0.1, -0.05) is 12.1 Å². The number of nitrogens with one attached hydrogen (secondary N) is 1. The zero-order chi connectivity index (χ0) is 13.3. The standard InChI is InChI=1S/C16H26N2S/c1-19-14-8-5-11-17-15-9-3-4-10-16(15)18-12-6-2-7-13-18/h3-4,9-10,17H,2,5-8,11-14H2,1H3. The van der Waals surface area contributed by atoms with E-state index in [-0.39, 0.29) is 0 Å². The summed E-state index contributed by atoms with van der Waals surface area (Å²) >= 11 is 1.94. The van der Waals surface area contributed by atoms with Gasteiger partial charge in [-0.15, -0.1) is 0 Å². The van der Waals surface area contributed by atoms with E-state index in [4.69, 9.17) is 0 Å². The number of para-hydroxylation sites is 2. The Morgan fingerprint density at radius 3 is 2.68 bits per heavy atom. The second-order valence-corrected chi connectivity index (χ2v) is 6.18. The quantitative estimate of drug-likeness (QED) is 0.751. The molecule has 0 aromatic heterocycles. The van der Waals surface area contributed by atoms with Crippen molar-refractivity contribution < 1.29 is 0 Å². The summed E-state index contributed by atoms with van der Waals surface area (Å²) < 4.78 is 0. The number of anilines is 2. The van der Waals surface area contributed by atoms with E-state index in [1.54, 1.807) is 0 Å². The maximum Gasteiger partial charge on any atom is 0.0602 e. The fraction of sp³-hybridized carbons (Fsp3) is 0.625. The number of thioether (sulfide) groups is 1. The number of unbranched alkanes of at least 4 members (excludes halogenated alkanes) is 1. The van der Waals surface area contributed by atoms with Crippen LogP contribution in [0.1, 0.15) is 32.1 Å². The fourth-order valence-corrected chi connectivity index (χ4v) is 3.12. The van der Waals surface area contributed by atoms with Crippen LogP contribution in [-0.4, -0.2) is 31.6 Å². The molecule has 1 aliphatic heterocycles. The molecule has 0 aliphatic carbocycles. The van der Waals surface area contributed by atoms with Crippen LogP contribution in [0.3, 0.4) is 0 Å². The van der Waals surface area contributed by atoms with Crippen LogP contribution in [0, 0.1) is 0 Å². The van der Waals surface area contributed by atoms with Gasteiger partial charge in [-0.3, -0.25) is 0 Å². The van der Waals surface area contributed by atoms with Crippen LogP contribution in [0.2, 0.25) is 0 Å². The minimum absolute atomic E-state index is 1.09. The number of nitrogens with zero attached hydrogens (tertiary/aromatic N) is 1. The van der Waals surface area contributed by atoms with Crippen molar-refractivity contribution in [3.63, 3.8) is 0 Å². The second kappa shape index (κ2) is 8.36. The molecule has 0 radical (unpaired) electrons. The zero-order valence-electron chi connectivity index (χ0n) is 12.0. The van der Waals surface area contributed by atoms with Gasteiger partial charge in [-0.25, -0.2) is 0 Å². The largest absolute Gasteiger partial charge is 0.383 e. The van der Waals surface area contributed by atoms with E-state index in [1.165, 1.54) is 62.3 Å². The lowest BCUT2D eigenvalue weighted by Crippen LogP contribution is -2.30. The predicted molar refractivity (Wildman–Crippen MR) is 88.6 cm³/mol. The molecule has 2 nitrogen and oxygen atoms in total. The first-order valence-corrected chi connectivity index (χ1v) is 8.88. The van der Waals surface area contributed by atoms with Crippen LogP contribution < -0.4 is 10.2 Å². The molecule has 0 saturated carbocycles. The normalized spacial score (nSPS) is 15.5. The first-order valence-electron chi connectivity index (χ1n) is 7.48. The van der Waals surface area contributed by atoms with Crippen molar-refractivity contribution in [1.82, 2.24) is 0 Å². The minimum Gasteiger partial charge on any atom is -0.383 e. The maximum absolute atomic E-state index is 3.62. The lowest BCUT2D eigenvalue weighted by atomic mass is 10.1. The molecule has 1 aliphatic rings. The van der Waals surface area contributed by atoms with E-state index in [1.807, 2.05) is 11.8 Å². The van der Waals surface area contributed by atoms with Crippen molar-refractivity contribution in [1.29, 1.82) is 0 Å². The molecule has 3 heteroatoms. The highest BCUT2D eigenvalue weighted by Crippen LogP contribution is 2.28. The second-order valence-electron chi connectivity index (χ2n) is 5.19. The predicted octanol–water partition coefficient (Wildman–Crippen LogP) is 4.23. The highest BCUT2D eigenvalue weighted by molar-refractivity contribution is 7.98. The van der Waals surface area contributed by atoms with Gasteiger partial charge in [0.15, 0.2) is 0 Å². The van der Waals surface area contributed by atoms with E-state index in [0.29, 0.717) is 0 Å². The monoisotopic (exact) mass is 278 g/mol. The molecule has 1 N–H and O–H groups in total. The summed E-state index contributed by atoms with van der Waals surface area (Å²) in [6, 6.07) is 8.77. The molecule has 0 bridgehead atoms. The average Bonchev–Trinajstić information content (AvgIpc) is 2.48. The number of hydrogen-bond donors (Lipinski definition) is 1. The van der Waals surface area contributed by atoms with Gasteiger partial charge in [-0.05, 0) is 56.2 Å². The molecular weight excluding hydrogens is 252 g/mol. The fourth-order valence-electron chi connectivity index (χ4n) is 2.63. The summed E-state index contributed by atoms with van der Waals surface area (Å²) in [6.45, 7) is 3.52. The minimum atomic E-state index is 1.09. The maximum atomic E-state index is 3.62. The molecule has 0 amide bonds. The number of piperidine rings is 1. The molecule has 0 spiro atoms. The summed E-state index contributed by atoms with van der Waals surface area (Å²) in [6.07, 6.45) is 8.80. The summed E-state index contributed by atoms with van der Waals surface area (Å²) in [5, 5.41) is 3.62. The van der Waals surface area contributed by atoms with Gasteiger partial charge < -0.3 is 10.2 Å². The Bertz CT molecular complexity index is 362. The molecule has 0 atom stereocenters. The van der Waals surface area contributed by atoms with E-state index in [9.17, 15) is 0 Å². The van der Waals surface area contributed by atoms with Gasteiger partial charge in [0.2, 0.25) is 0 Å². The van der Waals surface area contributed by atoms with Crippen molar-refractivity contribution in [2.24, 2.45) is 0 Å². The zero-order valence-corrected chi connectivity index (χ0v) is 12.8. The first kappa shape index (κ1) is 14.6. The summed E-state index contributed by atoms with van der Waals surface area (Å²) in [5.41, 5.74) is 2.71. The Hall–Kier alpha value is -0.830. The molecule has 0 unspecified atom stereocenters. The Labute approximate surface area is 122 Å². The first-order chi connectivity index (χ1) is 9.42. The summed E-state index contributed by atoms with van der Waals surface area (Å²) in [7, 11) is 0. The van der Waals surface area contributed by atoms with Crippen LogP contribution in [0.5, 0.6) is 0 Å². The SMILES string of the molecule is CSCCCCNc1ccccc1N1CCCCC1. The molecular formula is C16H26N2S. The van der Waals surface area contributed by atoms with Gasteiger partial charge in [-0.2, -0.15) is 11.8 Å². The van der Waals surface area contributed by atoms with Crippen LogP contribution in [-0.2, 0) is 0 Å². The van der Waals surface area contributed by atoms with Gasteiger partial charge in [0.1, 0.15) is 0 Å². The van der Waals surface area contributed by atoms with Crippen molar-refractivity contribution in [2.75, 3.05) is 41.9 Å².